The molecular formula is C20H20N4O2S2. The largest absolute Gasteiger partial charge is 0.355 e. The molecule has 0 aliphatic heterocycles. The van der Waals surface area contributed by atoms with Crippen molar-refractivity contribution in [3.8, 4) is 10.6 Å². The Kier molecular flexibility index (Phi) is 5.50. The minimum atomic E-state index is 0.0685. The SMILES string of the molecule is CN(Cc1nc2ccccc2n1C)C(=O)CSCc1cc(-c2cccs2)on1. The summed E-state index contributed by atoms with van der Waals surface area (Å²) in [5, 5.41) is 6.10. The van der Waals surface area contributed by atoms with Gasteiger partial charge in [-0.15, -0.1) is 23.1 Å². The van der Waals surface area contributed by atoms with Gasteiger partial charge >= 0.3 is 0 Å². The first kappa shape index (κ1) is 18.8. The Morgan fingerprint density at radius 1 is 1.29 bits per heavy atom. The van der Waals surface area contributed by atoms with Crippen molar-refractivity contribution < 1.29 is 9.32 Å². The summed E-state index contributed by atoms with van der Waals surface area (Å²) >= 11 is 3.15. The van der Waals surface area contributed by atoms with Crippen molar-refractivity contribution in [2.75, 3.05) is 12.8 Å². The fraction of sp³-hybridized carbons (Fsp3) is 0.250. The number of imidazole rings is 1. The molecule has 0 aliphatic carbocycles. The number of benzene rings is 1. The molecule has 3 aromatic heterocycles. The molecule has 0 bridgehead atoms. The third-order valence-electron chi connectivity index (χ3n) is 4.48. The lowest BCUT2D eigenvalue weighted by Crippen LogP contribution is -2.29. The van der Waals surface area contributed by atoms with Crippen LogP contribution in [0.1, 0.15) is 11.5 Å². The first-order valence-electron chi connectivity index (χ1n) is 8.83. The van der Waals surface area contributed by atoms with Gasteiger partial charge in [0.25, 0.3) is 0 Å². The van der Waals surface area contributed by atoms with Gasteiger partial charge in [0.2, 0.25) is 5.91 Å². The van der Waals surface area contributed by atoms with Gasteiger partial charge in [0.15, 0.2) is 5.76 Å². The number of aromatic nitrogens is 3. The first-order valence-corrected chi connectivity index (χ1v) is 10.9. The summed E-state index contributed by atoms with van der Waals surface area (Å²) in [6, 6.07) is 13.9. The van der Waals surface area contributed by atoms with Crippen molar-refractivity contribution in [2.24, 2.45) is 7.05 Å². The van der Waals surface area contributed by atoms with Gasteiger partial charge in [-0.2, -0.15) is 0 Å². The molecule has 1 amide bonds. The van der Waals surface area contributed by atoms with Gasteiger partial charge in [-0.25, -0.2) is 4.98 Å². The first-order chi connectivity index (χ1) is 13.6. The molecule has 0 atom stereocenters. The number of amides is 1. The molecule has 4 aromatic rings. The van der Waals surface area contributed by atoms with Crippen LogP contribution >= 0.6 is 23.1 Å². The third-order valence-corrected chi connectivity index (χ3v) is 6.32. The minimum Gasteiger partial charge on any atom is -0.355 e. The normalized spacial score (nSPS) is 11.2. The highest BCUT2D eigenvalue weighted by molar-refractivity contribution is 7.99. The number of hydrogen-bond donors (Lipinski definition) is 0. The van der Waals surface area contributed by atoms with Crippen molar-refractivity contribution in [2.45, 2.75) is 12.3 Å². The topological polar surface area (TPSA) is 64.2 Å². The number of para-hydroxylation sites is 2. The molecule has 28 heavy (non-hydrogen) atoms. The summed E-state index contributed by atoms with van der Waals surface area (Å²) in [4.78, 5) is 19.9. The Balaban J connectivity index is 1.30. The van der Waals surface area contributed by atoms with E-state index in [-0.39, 0.29) is 5.91 Å². The molecule has 0 saturated carbocycles. The minimum absolute atomic E-state index is 0.0685. The van der Waals surface area contributed by atoms with Crippen LogP contribution in [0.15, 0.2) is 52.4 Å². The summed E-state index contributed by atoms with van der Waals surface area (Å²) in [6.45, 7) is 0.483. The molecule has 0 radical (unpaired) electrons. The van der Waals surface area contributed by atoms with Crippen LogP contribution in [-0.2, 0) is 24.1 Å². The zero-order valence-electron chi connectivity index (χ0n) is 15.7. The lowest BCUT2D eigenvalue weighted by atomic mass is 10.3. The van der Waals surface area contributed by atoms with E-state index in [1.807, 2.05) is 66.5 Å². The number of carbonyl (C=O) groups is 1. The second kappa shape index (κ2) is 8.20. The maximum Gasteiger partial charge on any atom is 0.232 e. The van der Waals surface area contributed by atoms with Crippen molar-refractivity contribution in [3.63, 3.8) is 0 Å². The molecule has 0 aliphatic rings. The number of rotatable bonds is 7. The number of thioether (sulfide) groups is 1. The van der Waals surface area contributed by atoms with Crippen LogP contribution in [0, 0.1) is 0 Å². The number of carbonyl (C=O) groups excluding carboxylic acids is 1. The van der Waals surface area contributed by atoms with Crippen molar-refractivity contribution in [1.82, 2.24) is 19.6 Å². The summed E-state index contributed by atoms with van der Waals surface area (Å²) in [5.74, 6) is 2.75. The fourth-order valence-electron chi connectivity index (χ4n) is 2.90. The van der Waals surface area contributed by atoms with Crippen LogP contribution in [0.5, 0.6) is 0 Å². The van der Waals surface area contributed by atoms with Crippen LogP contribution in [0.4, 0.5) is 0 Å². The molecule has 8 heteroatoms. The van der Waals surface area contributed by atoms with Crippen LogP contribution < -0.4 is 0 Å². The summed E-state index contributed by atoms with van der Waals surface area (Å²) in [6.07, 6.45) is 0. The maximum absolute atomic E-state index is 12.5. The predicted octanol–water partition coefficient (Wildman–Crippen LogP) is 4.18. The van der Waals surface area contributed by atoms with E-state index in [9.17, 15) is 4.79 Å². The Hall–Kier alpha value is -2.58. The molecule has 0 saturated heterocycles. The lowest BCUT2D eigenvalue weighted by Gasteiger charge is -2.16. The van der Waals surface area contributed by atoms with Gasteiger partial charge in [0.05, 0.1) is 33.9 Å². The summed E-state index contributed by atoms with van der Waals surface area (Å²) < 4.78 is 7.41. The van der Waals surface area contributed by atoms with Crippen LogP contribution in [0.3, 0.4) is 0 Å². The van der Waals surface area contributed by atoms with E-state index in [1.165, 1.54) is 11.8 Å². The molecule has 144 valence electrons. The van der Waals surface area contributed by atoms with E-state index in [1.54, 1.807) is 16.2 Å². The smallest absolute Gasteiger partial charge is 0.232 e. The monoisotopic (exact) mass is 412 g/mol. The number of nitrogens with zero attached hydrogens (tertiary/aromatic N) is 4. The van der Waals surface area contributed by atoms with E-state index >= 15 is 0 Å². The molecule has 4 rings (SSSR count). The maximum atomic E-state index is 12.5. The Morgan fingerprint density at radius 2 is 2.14 bits per heavy atom. The van der Waals surface area contributed by atoms with Crippen LogP contribution in [-0.4, -0.2) is 38.3 Å². The predicted molar refractivity (Wildman–Crippen MR) is 113 cm³/mol. The second-order valence-electron chi connectivity index (χ2n) is 6.48. The number of fused-ring (bicyclic) bond motifs is 1. The molecule has 6 nitrogen and oxygen atoms in total. The van der Waals surface area contributed by atoms with Gasteiger partial charge in [-0.3, -0.25) is 4.79 Å². The number of thiophene rings is 1. The quantitative estimate of drug-likeness (QED) is 0.456. The van der Waals surface area contributed by atoms with Crippen LogP contribution in [0.2, 0.25) is 0 Å². The Bertz CT molecular complexity index is 1080. The molecule has 0 N–H and O–H groups in total. The van der Waals surface area contributed by atoms with E-state index in [4.69, 9.17) is 4.52 Å². The number of hydrogen-bond acceptors (Lipinski definition) is 6. The molecule has 0 spiro atoms. The average Bonchev–Trinajstić information content (AvgIpc) is 3.43. The van der Waals surface area contributed by atoms with E-state index in [0.717, 1.165) is 33.2 Å². The fourth-order valence-corrected chi connectivity index (χ4v) is 4.42. The van der Waals surface area contributed by atoms with E-state index < -0.39 is 0 Å². The van der Waals surface area contributed by atoms with Gasteiger partial charge in [0, 0.05) is 25.9 Å². The average molecular weight is 413 g/mol. The highest BCUT2D eigenvalue weighted by Gasteiger charge is 2.15. The van der Waals surface area contributed by atoms with E-state index in [0.29, 0.717) is 18.1 Å². The van der Waals surface area contributed by atoms with Crippen molar-refractivity contribution in [1.29, 1.82) is 0 Å². The van der Waals surface area contributed by atoms with Crippen molar-refractivity contribution >= 4 is 40.0 Å². The molecule has 1 aromatic carbocycles. The second-order valence-corrected chi connectivity index (χ2v) is 8.41. The lowest BCUT2D eigenvalue weighted by molar-refractivity contribution is -0.127. The van der Waals surface area contributed by atoms with Gasteiger partial charge < -0.3 is 14.0 Å². The highest BCUT2D eigenvalue weighted by Crippen LogP contribution is 2.26. The van der Waals surface area contributed by atoms with E-state index in [2.05, 4.69) is 10.1 Å². The summed E-state index contributed by atoms with van der Waals surface area (Å²) in [5.41, 5.74) is 2.86. The Labute approximate surface area is 171 Å². The van der Waals surface area contributed by atoms with Gasteiger partial charge in [-0.1, -0.05) is 23.4 Å². The van der Waals surface area contributed by atoms with Crippen LogP contribution in [0.25, 0.3) is 21.7 Å². The standard InChI is InChI=1S/C20H20N4O2S2/c1-23(11-19-21-15-6-3-4-7-16(15)24(19)2)20(25)13-27-12-14-10-17(26-22-14)18-8-5-9-28-18/h3-10H,11-13H2,1-2H3. The molecular weight excluding hydrogens is 392 g/mol. The van der Waals surface area contributed by atoms with Crippen molar-refractivity contribution in [3.05, 3.63) is 59.4 Å². The Morgan fingerprint density at radius 3 is 2.93 bits per heavy atom. The zero-order valence-corrected chi connectivity index (χ0v) is 17.3. The van der Waals surface area contributed by atoms with Gasteiger partial charge in [-0.05, 0) is 23.6 Å². The molecule has 0 fully saturated rings. The number of aryl methyl sites for hydroxylation is 1. The molecule has 0 unspecified atom stereocenters. The molecule has 3 heterocycles. The van der Waals surface area contributed by atoms with Gasteiger partial charge in [0.1, 0.15) is 5.82 Å². The third kappa shape index (κ3) is 3.98. The zero-order chi connectivity index (χ0) is 19.5. The highest BCUT2D eigenvalue weighted by atomic mass is 32.2. The summed E-state index contributed by atoms with van der Waals surface area (Å²) in [7, 11) is 3.79.